The molecule has 0 aliphatic heterocycles. The topological polar surface area (TPSA) is 84.1 Å². The van der Waals surface area contributed by atoms with Crippen molar-refractivity contribution in [2.24, 2.45) is 0 Å². The molecule has 0 spiro atoms. The van der Waals surface area contributed by atoms with Gasteiger partial charge in [-0.3, -0.25) is 10.1 Å². The van der Waals surface area contributed by atoms with Gasteiger partial charge < -0.3 is 4.74 Å². The molecule has 0 radical (unpaired) electrons. The smallest absolute Gasteiger partial charge is 0.412 e. The average molecular weight is 347 g/mol. The summed E-state index contributed by atoms with van der Waals surface area (Å²) < 4.78 is 19.1. The van der Waals surface area contributed by atoms with Crippen LogP contribution >= 0.6 is 0 Å². The van der Waals surface area contributed by atoms with Crippen LogP contribution in [0.3, 0.4) is 0 Å². The van der Waals surface area contributed by atoms with Gasteiger partial charge in [-0.15, -0.1) is 0 Å². The molecule has 1 amide bonds. The van der Waals surface area contributed by atoms with E-state index in [4.69, 9.17) is 4.74 Å². The SMILES string of the molecule is Cc1c(Cc2ccc(F)c(NC(=O)OC(C)(C)C)c2)n[nH]c(=O)c1C. The van der Waals surface area contributed by atoms with E-state index < -0.39 is 17.5 Å². The maximum absolute atomic E-state index is 14.0. The first kappa shape index (κ1) is 18.6. The summed E-state index contributed by atoms with van der Waals surface area (Å²) >= 11 is 0. The predicted molar refractivity (Wildman–Crippen MR) is 93.4 cm³/mol. The highest BCUT2D eigenvalue weighted by molar-refractivity contribution is 5.85. The predicted octanol–water partition coefficient (Wildman–Crippen LogP) is 3.46. The Balaban J connectivity index is 2.23. The van der Waals surface area contributed by atoms with Gasteiger partial charge in [0.15, 0.2) is 0 Å². The van der Waals surface area contributed by atoms with E-state index in [-0.39, 0.29) is 11.2 Å². The van der Waals surface area contributed by atoms with Gasteiger partial charge in [-0.1, -0.05) is 6.07 Å². The van der Waals surface area contributed by atoms with Crippen LogP contribution in [0.15, 0.2) is 23.0 Å². The van der Waals surface area contributed by atoms with Gasteiger partial charge in [0, 0.05) is 12.0 Å². The molecule has 1 aromatic heterocycles. The molecule has 0 aliphatic carbocycles. The Hall–Kier alpha value is -2.70. The number of amides is 1. The van der Waals surface area contributed by atoms with Gasteiger partial charge in [0.05, 0.1) is 11.4 Å². The molecule has 0 fully saturated rings. The zero-order valence-corrected chi connectivity index (χ0v) is 15.0. The van der Waals surface area contributed by atoms with Crippen LogP contribution in [0.25, 0.3) is 0 Å². The lowest BCUT2D eigenvalue weighted by Gasteiger charge is -2.20. The van der Waals surface area contributed by atoms with Crippen molar-refractivity contribution in [2.45, 2.75) is 46.6 Å². The number of aromatic nitrogens is 2. The average Bonchev–Trinajstić information content (AvgIpc) is 2.49. The lowest BCUT2D eigenvalue weighted by Crippen LogP contribution is -2.27. The maximum atomic E-state index is 14.0. The van der Waals surface area contributed by atoms with Crippen LogP contribution in [0.5, 0.6) is 0 Å². The summed E-state index contributed by atoms with van der Waals surface area (Å²) in [5.74, 6) is -0.558. The number of hydrogen-bond acceptors (Lipinski definition) is 4. The summed E-state index contributed by atoms with van der Waals surface area (Å²) in [6.07, 6.45) is -0.329. The molecular formula is C18H22FN3O3. The second kappa shape index (κ2) is 7.04. The number of aromatic amines is 1. The van der Waals surface area contributed by atoms with Crippen LogP contribution in [0.2, 0.25) is 0 Å². The molecular weight excluding hydrogens is 325 g/mol. The van der Waals surface area contributed by atoms with E-state index in [1.165, 1.54) is 12.1 Å². The number of rotatable bonds is 3. The molecule has 25 heavy (non-hydrogen) atoms. The van der Waals surface area contributed by atoms with Crippen LogP contribution < -0.4 is 10.9 Å². The number of carbonyl (C=O) groups is 1. The van der Waals surface area contributed by atoms with Crippen molar-refractivity contribution in [1.29, 1.82) is 0 Å². The first-order chi connectivity index (χ1) is 11.6. The Morgan fingerprint density at radius 3 is 2.60 bits per heavy atom. The quantitative estimate of drug-likeness (QED) is 0.890. The number of nitrogens with zero attached hydrogens (tertiary/aromatic N) is 1. The number of anilines is 1. The third-order valence-corrected chi connectivity index (χ3v) is 3.67. The highest BCUT2D eigenvalue weighted by Gasteiger charge is 2.18. The van der Waals surface area contributed by atoms with Gasteiger partial charge in [0.1, 0.15) is 11.4 Å². The van der Waals surface area contributed by atoms with Crippen molar-refractivity contribution in [2.75, 3.05) is 5.32 Å². The lowest BCUT2D eigenvalue weighted by molar-refractivity contribution is 0.0635. The Kier molecular flexibility index (Phi) is 5.25. The van der Waals surface area contributed by atoms with Crippen molar-refractivity contribution in [3.63, 3.8) is 0 Å². The number of ether oxygens (including phenoxy) is 1. The Labute approximate surface area is 145 Å². The first-order valence-corrected chi connectivity index (χ1v) is 7.90. The Morgan fingerprint density at radius 2 is 1.96 bits per heavy atom. The molecule has 6 nitrogen and oxygen atoms in total. The zero-order chi connectivity index (χ0) is 18.8. The van der Waals surface area contributed by atoms with E-state index in [1.807, 2.05) is 6.92 Å². The van der Waals surface area contributed by atoms with Crippen molar-refractivity contribution in [1.82, 2.24) is 10.2 Å². The zero-order valence-electron chi connectivity index (χ0n) is 15.0. The molecule has 2 aromatic rings. The number of halogens is 1. The van der Waals surface area contributed by atoms with Gasteiger partial charge in [-0.2, -0.15) is 5.10 Å². The summed E-state index contributed by atoms with van der Waals surface area (Å²) in [4.78, 5) is 23.4. The Morgan fingerprint density at radius 1 is 1.28 bits per heavy atom. The first-order valence-electron chi connectivity index (χ1n) is 7.90. The van der Waals surface area contributed by atoms with Crippen LogP contribution in [-0.2, 0) is 11.2 Å². The molecule has 0 aliphatic rings. The van der Waals surface area contributed by atoms with Gasteiger partial charge in [-0.05, 0) is 57.9 Å². The van der Waals surface area contributed by atoms with Crippen LogP contribution in [0, 0.1) is 19.7 Å². The fourth-order valence-corrected chi connectivity index (χ4v) is 2.23. The fraction of sp³-hybridized carbons (Fsp3) is 0.389. The largest absolute Gasteiger partial charge is 0.444 e. The van der Waals surface area contributed by atoms with Gasteiger partial charge in [0.2, 0.25) is 0 Å². The summed E-state index contributed by atoms with van der Waals surface area (Å²) in [6, 6.07) is 4.41. The van der Waals surface area contributed by atoms with E-state index in [0.717, 1.165) is 11.1 Å². The second-order valence-electron chi connectivity index (χ2n) is 6.87. The van der Waals surface area contributed by atoms with Gasteiger partial charge >= 0.3 is 6.09 Å². The molecule has 1 aromatic carbocycles. The number of nitrogens with one attached hydrogen (secondary N) is 2. The second-order valence-corrected chi connectivity index (χ2v) is 6.87. The molecule has 7 heteroatoms. The van der Waals surface area contributed by atoms with E-state index in [1.54, 1.807) is 33.8 Å². The number of hydrogen-bond donors (Lipinski definition) is 2. The van der Waals surface area contributed by atoms with E-state index in [2.05, 4.69) is 15.5 Å². The van der Waals surface area contributed by atoms with Crippen molar-refractivity contribution in [3.05, 3.63) is 56.8 Å². The molecule has 1 heterocycles. The summed E-state index contributed by atoms with van der Waals surface area (Å²) in [6.45, 7) is 8.72. The monoisotopic (exact) mass is 347 g/mol. The highest BCUT2D eigenvalue weighted by atomic mass is 19.1. The molecule has 2 N–H and O–H groups in total. The third-order valence-electron chi connectivity index (χ3n) is 3.67. The number of H-pyrrole nitrogens is 1. The summed E-state index contributed by atoms with van der Waals surface area (Å²) in [7, 11) is 0. The van der Waals surface area contributed by atoms with Crippen LogP contribution in [0.1, 0.15) is 43.2 Å². The minimum Gasteiger partial charge on any atom is -0.444 e. The molecule has 0 bridgehead atoms. The van der Waals surface area contributed by atoms with E-state index >= 15 is 0 Å². The van der Waals surface area contributed by atoms with Crippen molar-refractivity contribution >= 4 is 11.8 Å². The van der Waals surface area contributed by atoms with E-state index in [0.29, 0.717) is 17.7 Å². The van der Waals surface area contributed by atoms with Gasteiger partial charge in [-0.25, -0.2) is 14.3 Å². The molecule has 0 atom stereocenters. The van der Waals surface area contributed by atoms with Gasteiger partial charge in [0.25, 0.3) is 5.56 Å². The normalized spacial score (nSPS) is 11.3. The standard InChI is InChI=1S/C18H22FN3O3/c1-10-11(2)16(23)22-21-14(10)8-12-6-7-13(19)15(9-12)20-17(24)25-18(3,4)5/h6-7,9H,8H2,1-5H3,(H,20,24)(H,22,23). The minimum atomic E-state index is -0.724. The molecule has 0 unspecified atom stereocenters. The molecule has 2 rings (SSSR count). The highest BCUT2D eigenvalue weighted by Crippen LogP contribution is 2.20. The van der Waals surface area contributed by atoms with E-state index in [9.17, 15) is 14.0 Å². The van der Waals surface area contributed by atoms with Crippen LogP contribution in [0.4, 0.5) is 14.9 Å². The number of carbonyl (C=O) groups excluding carboxylic acids is 1. The van der Waals surface area contributed by atoms with Crippen molar-refractivity contribution in [3.8, 4) is 0 Å². The Bertz CT molecular complexity index is 854. The molecule has 134 valence electrons. The molecule has 0 saturated carbocycles. The summed E-state index contributed by atoms with van der Waals surface area (Å²) in [5.41, 5.74) is 1.95. The fourth-order valence-electron chi connectivity index (χ4n) is 2.23. The minimum absolute atomic E-state index is 0.0329. The molecule has 0 saturated heterocycles. The van der Waals surface area contributed by atoms with Crippen LogP contribution in [-0.4, -0.2) is 21.9 Å². The maximum Gasteiger partial charge on any atom is 0.412 e. The lowest BCUT2D eigenvalue weighted by atomic mass is 10.0. The van der Waals surface area contributed by atoms with Crippen molar-refractivity contribution < 1.29 is 13.9 Å². The third kappa shape index (κ3) is 4.89. The summed E-state index contributed by atoms with van der Waals surface area (Å²) in [5, 5.41) is 8.91. The number of benzene rings is 1.